The number of rotatable bonds is 44. The minimum absolute atomic E-state index is 0.763. The molecule has 8 aliphatic rings. The van der Waals surface area contributed by atoms with Gasteiger partial charge in [0.2, 0.25) is 29.5 Å². The topological polar surface area (TPSA) is 1010 Å². The second-order valence-electron chi connectivity index (χ2n) is 31.7. The van der Waals surface area contributed by atoms with E-state index in [1.807, 2.05) is 5.32 Å². The predicted molar refractivity (Wildman–Crippen MR) is 407 cm³/mol. The lowest BCUT2D eigenvalue weighted by molar-refractivity contribution is -0.391. The zero-order valence-electron chi connectivity index (χ0n) is 70.3. The van der Waals surface area contributed by atoms with Gasteiger partial charge in [-0.1, -0.05) is 0 Å². The Morgan fingerprint density at radius 3 is 0.993 bits per heavy atom. The number of carbonyl (C=O) groups is 6. The van der Waals surface area contributed by atoms with Crippen LogP contribution in [0.2, 0.25) is 0 Å². The maximum Gasteiger partial charge on any atom is 0.397 e. The number of hydrogen-bond donors (Lipinski definition) is 33. The normalized spacial score (nSPS) is 41.1. The second kappa shape index (κ2) is 49.0. The summed E-state index contributed by atoms with van der Waals surface area (Å²) in [6.45, 7) is -11.6. The van der Waals surface area contributed by atoms with E-state index in [2.05, 4.69) is 33.8 Å². The highest BCUT2D eigenvalue weighted by molar-refractivity contribution is 7.81. The Kier molecular flexibility index (Phi) is 41.7. The van der Waals surface area contributed by atoms with Crippen LogP contribution in [0.4, 0.5) is 0 Å². The Morgan fingerprint density at radius 2 is 0.694 bits per heavy atom. The number of carbonyl (C=O) groups excluding carboxylic acids is 5. The molecule has 8 rings (SSSR count). The Bertz CT molecular complexity index is 4150. The molecule has 0 spiro atoms. The van der Waals surface area contributed by atoms with Crippen molar-refractivity contribution in [2.24, 2.45) is 0 Å². The summed E-state index contributed by atoms with van der Waals surface area (Å²) in [7, 11) is -17.0. The fourth-order valence-corrected chi connectivity index (χ4v) is 16.6. The van der Waals surface area contributed by atoms with E-state index in [-0.39, 0.29) is 0 Å². The zero-order chi connectivity index (χ0) is 100. The van der Waals surface area contributed by atoms with Crippen LogP contribution in [0.15, 0.2) is 0 Å². The Balaban J connectivity index is 1.08. The van der Waals surface area contributed by atoms with E-state index in [1.54, 1.807) is 0 Å². The van der Waals surface area contributed by atoms with Gasteiger partial charge in [-0.25, -0.2) is 17.3 Å². The molecular weight excluding hydrogens is 1910 g/mol. The van der Waals surface area contributed by atoms with Crippen molar-refractivity contribution >= 4 is 66.7 Å². The number of nitrogens with one attached hydrogen (secondary N) is 5. The summed E-state index contributed by atoms with van der Waals surface area (Å²) in [6.07, 6.45) is -95.6. The molecule has 8 fully saturated rings. The molecule has 0 aromatic rings. The minimum Gasteiger partial charge on any atom is -0.477 e. The maximum atomic E-state index is 13.3. The molecule has 0 aliphatic carbocycles. The van der Waals surface area contributed by atoms with Gasteiger partial charge in [-0.05, 0) is 0 Å². The van der Waals surface area contributed by atoms with Crippen molar-refractivity contribution in [3.05, 3.63) is 0 Å². The molecule has 67 heteroatoms. The number of aliphatic hydroxyl groups is 24. The molecule has 8 aliphatic heterocycles. The van der Waals surface area contributed by atoms with Crippen LogP contribution in [-0.4, -0.2) is 550 Å². The summed E-state index contributed by atoms with van der Waals surface area (Å²) in [4.78, 5) is 77.1. The standard InChI is InChI=1S/C67H113N5O59S3/c1-17(81)68-21(6-73)50(37(89)23(86)7-74)123-62-46(98)55(39(91)25(9-76)116-62)127-59-34(69-18(2)82)43(95)51(29(120-59)14-113-132(104,105)106)124-63-47(99)56(40(92)26(10-77)117-63)128-60-35(70-19(3)83)44(96)52(30(121-60)15-114-133(107,108)109)125-64-48(100)57(41(93)27(11-78)118-64)129-61-36(71-20(4)84)45(97)53(31(122-61)16-115-134(110,111)112)126-65-49(101)58(42(94)28(12-79)119-65)131-67(66(102)103)5-22(85)33(72-32(88)13-80)54(130-67)38(90)24(87)8-75/h21-31,33-65,73-80,85-87,89-101H,5-16H2,1-4H3,(H,68,81)(H,69,82)(H,70,83)(H,71,84)(H,72,88)(H,102,103)(H,104,105,106)(H,107,108,109)(H,110,111,112)/t21-,22-,23+,24+,25+,26+,27+,28+,29+,30+,31+,33+,34+,35+,36+,37-,38+,39-,40-,41-,42-,43+,44+,45+,46+,47+,48+,49+,50+,51+,52+,53+,54+,55-,56-,57-,58-,59-,60-,61-,62-,63-,64-,65-,67-/m0/s1. The smallest absolute Gasteiger partial charge is 0.397 e. The molecule has 0 radical (unpaired) electrons. The van der Waals surface area contributed by atoms with Gasteiger partial charge in [0.15, 0.2) is 44.0 Å². The molecule has 0 unspecified atom stereocenters. The fraction of sp³-hybridized carbons (Fsp3) is 0.910. The minimum atomic E-state index is -5.71. The summed E-state index contributed by atoms with van der Waals surface area (Å²) in [5.41, 5.74) is 0. The first kappa shape index (κ1) is 114. The van der Waals surface area contributed by atoms with E-state index in [4.69, 9.17) is 75.8 Å². The van der Waals surface area contributed by atoms with E-state index in [1.165, 1.54) is 0 Å². The molecule has 0 aromatic heterocycles. The van der Waals surface area contributed by atoms with Crippen LogP contribution in [0.25, 0.3) is 0 Å². The van der Waals surface area contributed by atoms with Gasteiger partial charge in [-0.3, -0.25) is 37.6 Å². The van der Waals surface area contributed by atoms with E-state index in [0.29, 0.717) is 0 Å². The molecule has 8 saturated heterocycles. The molecule has 778 valence electrons. The van der Waals surface area contributed by atoms with Crippen LogP contribution in [0.3, 0.4) is 0 Å². The third kappa shape index (κ3) is 28.4. The Hall–Kier alpha value is -5.17. The van der Waals surface area contributed by atoms with Gasteiger partial charge in [-0.2, -0.15) is 25.3 Å². The molecule has 134 heavy (non-hydrogen) atoms. The third-order valence-corrected chi connectivity index (χ3v) is 23.4. The zero-order valence-corrected chi connectivity index (χ0v) is 72.7. The van der Waals surface area contributed by atoms with Crippen molar-refractivity contribution in [1.29, 1.82) is 0 Å². The Morgan fingerprint density at radius 1 is 0.381 bits per heavy atom. The van der Waals surface area contributed by atoms with Crippen molar-refractivity contribution in [2.45, 2.75) is 309 Å². The van der Waals surface area contributed by atoms with Crippen molar-refractivity contribution < 1.29 is 284 Å². The van der Waals surface area contributed by atoms with Crippen LogP contribution < -0.4 is 26.6 Å². The van der Waals surface area contributed by atoms with E-state index >= 15 is 0 Å². The Labute approximate surface area is 756 Å². The lowest BCUT2D eigenvalue weighted by atomic mass is 9.88. The number of amides is 5. The van der Waals surface area contributed by atoms with Gasteiger partial charge in [-0.15, -0.1) is 0 Å². The molecule has 64 nitrogen and oxygen atoms in total. The van der Waals surface area contributed by atoms with Gasteiger partial charge < -0.3 is 230 Å². The van der Waals surface area contributed by atoms with Crippen LogP contribution in [0.1, 0.15) is 34.1 Å². The summed E-state index contributed by atoms with van der Waals surface area (Å²) in [6, 6.07) is -10.5. The van der Waals surface area contributed by atoms with E-state index in [9.17, 15) is 195 Å². The molecular formula is C67H113N5O59S3. The maximum absolute atomic E-state index is 13.3. The summed E-state index contributed by atoms with van der Waals surface area (Å²) in [5, 5.41) is 289. The number of ether oxygens (including phenoxy) is 16. The number of hydrogen-bond acceptors (Lipinski definition) is 55. The van der Waals surface area contributed by atoms with Gasteiger partial charge >= 0.3 is 37.2 Å². The van der Waals surface area contributed by atoms with Crippen LogP contribution >= 0.6 is 0 Å². The van der Waals surface area contributed by atoms with Crippen molar-refractivity contribution in [3.8, 4) is 0 Å². The molecule has 0 aromatic carbocycles. The molecule has 33 N–H and O–H groups in total. The molecule has 8 heterocycles. The van der Waals surface area contributed by atoms with Crippen molar-refractivity contribution in [3.63, 3.8) is 0 Å². The summed E-state index contributed by atoms with van der Waals surface area (Å²) < 4.78 is 210. The summed E-state index contributed by atoms with van der Waals surface area (Å²) >= 11 is 0. The van der Waals surface area contributed by atoms with Gasteiger partial charge in [0, 0.05) is 34.1 Å². The molecule has 45 atom stereocenters. The first-order chi connectivity index (χ1) is 62.6. The third-order valence-electron chi connectivity index (χ3n) is 22.1. The highest BCUT2D eigenvalue weighted by Gasteiger charge is 2.64. The average Bonchev–Trinajstić information content (AvgIpc) is 0.749. The first-order valence-electron chi connectivity index (χ1n) is 40.3. The molecule has 0 saturated carbocycles. The van der Waals surface area contributed by atoms with Crippen LogP contribution in [-0.2, 0) is 148 Å². The number of carboxylic acid groups (broad SMARTS) is 1. The lowest BCUT2D eigenvalue weighted by Crippen LogP contribution is -2.71. The van der Waals surface area contributed by atoms with Crippen molar-refractivity contribution in [1.82, 2.24) is 26.6 Å². The highest BCUT2D eigenvalue weighted by atomic mass is 32.3. The van der Waals surface area contributed by atoms with Gasteiger partial charge in [0.25, 0.3) is 5.79 Å². The van der Waals surface area contributed by atoms with E-state index in [0.717, 1.165) is 27.7 Å². The monoisotopic (exact) mass is 2030 g/mol. The lowest BCUT2D eigenvalue weighted by Gasteiger charge is -2.51. The highest BCUT2D eigenvalue weighted by Crippen LogP contribution is 2.43. The molecule has 5 amide bonds. The van der Waals surface area contributed by atoms with Gasteiger partial charge in [0.1, 0.15) is 214 Å². The predicted octanol–water partition coefficient (Wildman–Crippen LogP) is -22.6. The number of aliphatic hydroxyl groups excluding tert-OH is 24. The summed E-state index contributed by atoms with van der Waals surface area (Å²) in [5.74, 6) is -11.4. The first-order valence-corrected chi connectivity index (χ1v) is 44.4. The average molecular weight is 2030 g/mol. The molecule has 0 bridgehead atoms. The van der Waals surface area contributed by atoms with Crippen molar-refractivity contribution in [2.75, 3.05) is 72.7 Å². The quantitative estimate of drug-likeness (QED) is 0.0252. The SMILES string of the molecule is CC(=O)N[C@H]1[C@H](O[C@H]2[C@@H](O)[C@@H](CO)O[C@@H](O[C@@H]([C@@H](O)[C@H](O)CO)[C@H](CO)NC(C)=O)[C@@H]2O)O[C@H](COS(=O)(=O)O)[C@@H](O[C@@H]2O[C@H](CO)[C@H](O)[C@H](O[C@@H]3O[C@H](COS(=O)(=O)O)[C@@H](O[C@@H]4O[C@H](CO)[C@H](O)[C@H](O[C@@H]5O[C@H](COS(=O)(=O)O)[C@@H](O[C@@H]6O[C@H](CO)[C@H](O)[C@H](O[C@]7(C(=O)O)C[C@H](O)[C@@H](NC(=O)CO)[C@H]([C@H](O)[C@H](O)CO)O7)[C@H]6O)[C@H](O)[C@H]5NC(C)=O)[C@H]4O)[C@H](O)[C@H]3NC(C)=O)[C@H]2O)[C@@H]1O. The number of aliphatic carboxylic acids is 1. The van der Waals surface area contributed by atoms with E-state index < -0.39 is 421 Å². The largest absolute Gasteiger partial charge is 0.477 e. The van der Waals surface area contributed by atoms with Crippen LogP contribution in [0.5, 0.6) is 0 Å². The fourth-order valence-electron chi connectivity index (χ4n) is 15.7. The second-order valence-corrected chi connectivity index (χ2v) is 34.9. The number of carboxylic acids is 1. The van der Waals surface area contributed by atoms with Crippen LogP contribution in [0, 0.1) is 0 Å². The van der Waals surface area contributed by atoms with Gasteiger partial charge in [0.05, 0.1) is 84.3 Å².